The molecule has 36 heavy (non-hydrogen) atoms. The maximum absolute atomic E-state index is 13.1. The molecule has 196 valence electrons. The van der Waals surface area contributed by atoms with Gasteiger partial charge in [0.25, 0.3) is 0 Å². The Bertz CT molecular complexity index is 1310. The zero-order valence-corrected chi connectivity index (χ0v) is 22.5. The first-order valence-electron chi connectivity index (χ1n) is 11.5. The molecule has 2 aliphatic heterocycles. The van der Waals surface area contributed by atoms with Gasteiger partial charge in [0.15, 0.2) is 0 Å². The van der Waals surface area contributed by atoms with E-state index in [0.29, 0.717) is 39.1 Å². The quantitative estimate of drug-likeness (QED) is 0.543. The Hall–Kier alpha value is -1.73. The third-order valence-electron chi connectivity index (χ3n) is 6.26. The van der Waals surface area contributed by atoms with E-state index in [9.17, 15) is 21.6 Å². The number of ether oxygens (including phenoxy) is 1. The lowest BCUT2D eigenvalue weighted by atomic mass is 9.99. The van der Waals surface area contributed by atoms with Crippen molar-refractivity contribution in [2.45, 2.75) is 29.2 Å². The molecule has 2 aliphatic rings. The van der Waals surface area contributed by atoms with Crippen molar-refractivity contribution in [1.29, 1.82) is 0 Å². The van der Waals surface area contributed by atoms with Crippen LogP contribution in [0, 0.1) is 5.92 Å². The molecule has 0 radical (unpaired) electrons. The lowest BCUT2D eigenvalue weighted by molar-refractivity contribution is -0.126. The Morgan fingerprint density at radius 2 is 1.64 bits per heavy atom. The topological polar surface area (TPSA) is 113 Å². The Balaban J connectivity index is 1.37. The maximum atomic E-state index is 13.1. The third-order valence-corrected chi connectivity index (χ3v) is 10.8. The van der Waals surface area contributed by atoms with E-state index in [1.807, 2.05) is 0 Å². The molecule has 13 heteroatoms. The van der Waals surface area contributed by atoms with E-state index in [2.05, 4.69) is 5.32 Å². The normalized spacial score (nSPS) is 20.2. The molecular weight excluding hydrogens is 549 g/mol. The number of morpholine rings is 1. The van der Waals surface area contributed by atoms with Gasteiger partial charge in [-0.1, -0.05) is 35.3 Å². The zero-order chi connectivity index (χ0) is 25.9. The number of halogens is 2. The van der Waals surface area contributed by atoms with Crippen molar-refractivity contribution in [3.05, 3.63) is 58.1 Å². The van der Waals surface area contributed by atoms with Gasteiger partial charge in [0.05, 0.1) is 29.0 Å². The van der Waals surface area contributed by atoms with Gasteiger partial charge in [0, 0.05) is 37.7 Å². The largest absolute Gasteiger partial charge is 0.379 e. The standard InChI is InChI=1S/C23H27Cl2N3O6S2/c24-19-5-8-21(25)22(14-19)36(32,33)28-9-1-2-18(16-28)23(29)26-15-17-3-6-20(7-4-17)35(30,31)27-10-12-34-13-11-27/h3-8,14,18H,1-2,9-13,15-16H2,(H,26,29)/t18-/m1/s1. The lowest BCUT2D eigenvalue weighted by Gasteiger charge is -2.31. The van der Waals surface area contributed by atoms with Crippen molar-refractivity contribution in [3.8, 4) is 0 Å². The molecular formula is C23H27Cl2N3O6S2. The number of nitrogens with one attached hydrogen (secondary N) is 1. The SMILES string of the molecule is O=C(NCc1ccc(S(=O)(=O)N2CCOCC2)cc1)[C@@H]1CCCN(S(=O)(=O)c2cc(Cl)ccc2Cl)C1. The highest BCUT2D eigenvalue weighted by atomic mass is 35.5. The first kappa shape index (κ1) is 27.3. The van der Waals surface area contributed by atoms with Crippen molar-refractivity contribution in [2.24, 2.45) is 5.92 Å². The number of benzene rings is 2. The molecule has 0 spiro atoms. The van der Waals surface area contributed by atoms with E-state index < -0.39 is 26.0 Å². The Morgan fingerprint density at radius 3 is 2.33 bits per heavy atom. The van der Waals surface area contributed by atoms with E-state index in [4.69, 9.17) is 27.9 Å². The smallest absolute Gasteiger partial charge is 0.244 e. The minimum absolute atomic E-state index is 0.0355. The third kappa shape index (κ3) is 6.04. The number of rotatable bonds is 7. The number of piperidine rings is 1. The molecule has 0 bridgehead atoms. The Labute approximate surface area is 221 Å². The average molecular weight is 577 g/mol. The summed E-state index contributed by atoms with van der Waals surface area (Å²) in [6.07, 6.45) is 1.08. The predicted molar refractivity (Wildman–Crippen MR) is 136 cm³/mol. The van der Waals surface area contributed by atoms with Crippen LogP contribution in [0.5, 0.6) is 0 Å². The van der Waals surface area contributed by atoms with Gasteiger partial charge in [-0.2, -0.15) is 8.61 Å². The number of carbonyl (C=O) groups is 1. The zero-order valence-electron chi connectivity index (χ0n) is 19.4. The van der Waals surface area contributed by atoms with Crippen LogP contribution in [0.25, 0.3) is 0 Å². The van der Waals surface area contributed by atoms with Crippen LogP contribution < -0.4 is 5.32 Å². The summed E-state index contributed by atoms with van der Waals surface area (Å²) in [5.41, 5.74) is 0.732. The number of nitrogens with zero attached hydrogens (tertiary/aromatic N) is 2. The highest BCUT2D eigenvalue weighted by Gasteiger charge is 2.34. The van der Waals surface area contributed by atoms with E-state index in [1.165, 1.54) is 38.9 Å². The number of carbonyl (C=O) groups excluding carboxylic acids is 1. The summed E-state index contributed by atoms with van der Waals surface area (Å²) in [5, 5.41) is 3.17. The lowest BCUT2D eigenvalue weighted by Crippen LogP contribution is -2.45. The van der Waals surface area contributed by atoms with Crippen LogP contribution in [-0.4, -0.2) is 70.7 Å². The highest BCUT2D eigenvalue weighted by molar-refractivity contribution is 7.89. The fourth-order valence-electron chi connectivity index (χ4n) is 4.24. The molecule has 9 nitrogen and oxygen atoms in total. The minimum atomic E-state index is -3.91. The summed E-state index contributed by atoms with van der Waals surface area (Å²) in [6, 6.07) is 10.6. The van der Waals surface area contributed by atoms with Gasteiger partial charge >= 0.3 is 0 Å². The van der Waals surface area contributed by atoms with Crippen LogP contribution >= 0.6 is 23.2 Å². The van der Waals surface area contributed by atoms with Crippen LogP contribution in [0.1, 0.15) is 18.4 Å². The van der Waals surface area contributed by atoms with Crippen molar-refractivity contribution < 1.29 is 26.4 Å². The molecule has 2 fully saturated rings. The van der Waals surface area contributed by atoms with Crippen LogP contribution in [0.4, 0.5) is 0 Å². The molecule has 2 heterocycles. The molecule has 0 saturated carbocycles. The van der Waals surface area contributed by atoms with Crippen molar-refractivity contribution in [2.75, 3.05) is 39.4 Å². The molecule has 0 aliphatic carbocycles. The second-order valence-electron chi connectivity index (χ2n) is 8.66. The van der Waals surface area contributed by atoms with E-state index in [1.54, 1.807) is 12.1 Å². The second-order valence-corrected chi connectivity index (χ2v) is 13.3. The number of hydrogen-bond acceptors (Lipinski definition) is 6. The van der Waals surface area contributed by atoms with E-state index in [-0.39, 0.29) is 45.4 Å². The predicted octanol–water partition coefficient (Wildman–Crippen LogP) is 2.73. The molecule has 1 atom stereocenters. The Morgan fingerprint density at radius 1 is 0.944 bits per heavy atom. The first-order valence-corrected chi connectivity index (χ1v) is 15.1. The molecule has 0 unspecified atom stereocenters. The molecule has 2 aromatic carbocycles. The summed E-state index contributed by atoms with van der Waals surface area (Å²) >= 11 is 12.1. The maximum Gasteiger partial charge on any atom is 0.244 e. The number of sulfonamides is 2. The summed E-state index contributed by atoms with van der Waals surface area (Å²) < 4.78 is 59.6. The summed E-state index contributed by atoms with van der Waals surface area (Å²) in [7, 11) is -7.50. The van der Waals surface area contributed by atoms with Crippen LogP contribution in [0.2, 0.25) is 10.0 Å². The van der Waals surface area contributed by atoms with Gasteiger partial charge in [-0.3, -0.25) is 4.79 Å². The second kappa shape index (κ2) is 11.3. The summed E-state index contributed by atoms with van der Waals surface area (Å²) in [6.45, 7) is 1.89. The van der Waals surface area contributed by atoms with E-state index in [0.717, 1.165) is 5.56 Å². The Kier molecular flexibility index (Phi) is 8.60. The van der Waals surface area contributed by atoms with Crippen molar-refractivity contribution >= 4 is 49.2 Å². The molecule has 2 aromatic rings. The molecule has 2 saturated heterocycles. The number of hydrogen-bond donors (Lipinski definition) is 1. The molecule has 1 N–H and O–H groups in total. The van der Waals surface area contributed by atoms with Gasteiger partial charge in [0.2, 0.25) is 26.0 Å². The fourth-order valence-corrected chi connectivity index (χ4v) is 7.91. The average Bonchev–Trinajstić information content (AvgIpc) is 2.89. The van der Waals surface area contributed by atoms with Crippen LogP contribution in [-0.2, 0) is 36.1 Å². The summed E-state index contributed by atoms with van der Waals surface area (Å²) in [4.78, 5) is 12.9. The van der Waals surface area contributed by atoms with Gasteiger partial charge < -0.3 is 10.1 Å². The van der Waals surface area contributed by atoms with Crippen molar-refractivity contribution in [3.63, 3.8) is 0 Å². The van der Waals surface area contributed by atoms with Gasteiger partial charge in [0.1, 0.15) is 4.90 Å². The molecule has 4 rings (SSSR count). The molecule has 1 amide bonds. The van der Waals surface area contributed by atoms with Gasteiger partial charge in [-0.15, -0.1) is 0 Å². The molecule has 0 aromatic heterocycles. The first-order chi connectivity index (χ1) is 17.1. The monoisotopic (exact) mass is 575 g/mol. The van der Waals surface area contributed by atoms with Crippen molar-refractivity contribution in [1.82, 2.24) is 13.9 Å². The highest BCUT2D eigenvalue weighted by Crippen LogP contribution is 2.30. The van der Waals surface area contributed by atoms with E-state index >= 15 is 0 Å². The minimum Gasteiger partial charge on any atom is -0.379 e. The van der Waals surface area contributed by atoms with Crippen LogP contribution in [0.3, 0.4) is 0 Å². The summed E-state index contributed by atoms with van der Waals surface area (Å²) in [5.74, 6) is -0.787. The fraction of sp³-hybridized carbons (Fsp3) is 0.435. The number of amides is 1. The van der Waals surface area contributed by atoms with Crippen LogP contribution in [0.15, 0.2) is 52.3 Å². The van der Waals surface area contributed by atoms with Gasteiger partial charge in [-0.25, -0.2) is 16.8 Å². The van der Waals surface area contributed by atoms with Gasteiger partial charge in [-0.05, 0) is 48.7 Å².